The second kappa shape index (κ2) is 12.4. The van der Waals surface area contributed by atoms with Crippen LogP contribution in [0.5, 0.6) is 11.5 Å². The Labute approximate surface area is 224 Å². The number of aliphatic hydroxyl groups excluding tert-OH is 2. The van der Waals surface area contributed by atoms with E-state index in [2.05, 4.69) is 6.07 Å². The van der Waals surface area contributed by atoms with Gasteiger partial charge in [0.25, 0.3) is 0 Å². The van der Waals surface area contributed by atoms with E-state index in [-0.39, 0.29) is 6.61 Å². The minimum atomic E-state index is -1.62. The molecule has 38 heavy (non-hydrogen) atoms. The highest BCUT2D eigenvalue weighted by atomic mass is 31.2. The predicted octanol–water partition coefficient (Wildman–Crippen LogP) is 3.97. The zero-order valence-corrected chi connectivity index (χ0v) is 22.6. The molecule has 206 valence electrons. The van der Waals surface area contributed by atoms with E-state index in [1.807, 2.05) is 44.2 Å². The molecule has 1 saturated carbocycles. The SMILES string of the molecule is CCOP(OCC)OCC1OC(c2ccc(C3CC3)c(Cc3ccc4c(c3)OCCO4)c2)C(=O)C(O)C1O. The van der Waals surface area contributed by atoms with Gasteiger partial charge in [-0.3, -0.25) is 4.79 Å². The van der Waals surface area contributed by atoms with Gasteiger partial charge in [0, 0.05) is 0 Å². The van der Waals surface area contributed by atoms with Crippen LogP contribution >= 0.6 is 8.60 Å². The van der Waals surface area contributed by atoms with Crippen molar-refractivity contribution in [3.63, 3.8) is 0 Å². The van der Waals surface area contributed by atoms with Gasteiger partial charge in [-0.15, -0.1) is 0 Å². The van der Waals surface area contributed by atoms with E-state index in [0.717, 1.165) is 35.5 Å². The van der Waals surface area contributed by atoms with Crippen LogP contribution in [-0.4, -0.2) is 67.3 Å². The van der Waals surface area contributed by atoms with E-state index in [1.165, 1.54) is 5.56 Å². The first kappa shape index (κ1) is 27.5. The molecule has 2 aromatic rings. The fourth-order valence-corrected chi connectivity index (χ4v) is 5.75. The summed E-state index contributed by atoms with van der Waals surface area (Å²) in [6, 6.07) is 11.9. The minimum Gasteiger partial charge on any atom is -0.486 e. The van der Waals surface area contributed by atoms with Crippen molar-refractivity contribution in [3.8, 4) is 11.5 Å². The summed E-state index contributed by atoms with van der Waals surface area (Å²) in [6.07, 6.45) is -2.03. The molecule has 0 radical (unpaired) electrons. The van der Waals surface area contributed by atoms with Gasteiger partial charge >= 0.3 is 8.60 Å². The second-order valence-corrected chi connectivity index (χ2v) is 10.9. The van der Waals surface area contributed by atoms with Crippen molar-refractivity contribution in [2.45, 2.75) is 63.4 Å². The van der Waals surface area contributed by atoms with E-state index in [4.69, 9.17) is 27.8 Å². The number of ketones is 1. The lowest BCUT2D eigenvalue weighted by atomic mass is 9.89. The quantitative estimate of drug-likeness (QED) is 0.404. The number of ether oxygens (including phenoxy) is 3. The number of benzene rings is 2. The molecule has 9 nitrogen and oxygen atoms in total. The Balaban J connectivity index is 1.36. The van der Waals surface area contributed by atoms with E-state index < -0.39 is 38.8 Å². The molecule has 1 aliphatic carbocycles. The number of carbonyl (C=O) groups excluding carboxylic acids is 1. The van der Waals surface area contributed by atoms with E-state index in [1.54, 1.807) is 0 Å². The Morgan fingerprint density at radius 1 is 0.947 bits per heavy atom. The maximum absolute atomic E-state index is 13.0. The van der Waals surface area contributed by atoms with Gasteiger partial charge in [-0.1, -0.05) is 24.3 Å². The molecule has 0 aromatic heterocycles. The predicted molar refractivity (Wildman–Crippen MR) is 139 cm³/mol. The number of Topliss-reactive ketones (excluding diaryl/α,β-unsaturated/α-hetero) is 1. The monoisotopic (exact) mass is 546 g/mol. The van der Waals surface area contributed by atoms with Crippen molar-refractivity contribution in [2.75, 3.05) is 33.0 Å². The van der Waals surface area contributed by atoms with Crippen molar-refractivity contribution in [3.05, 3.63) is 58.7 Å². The lowest BCUT2D eigenvalue weighted by Crippen LogP contribution is -2.53. The van der Waals surface area contributed by atoms with Gasteiger partial charge in [0.2, 0.25) is 0 Å². The summed E-state index contributed by atoms with van der Waals surface area (Å²) >= 11 is 0. The number of rotatable bonds is 11. The minimum absolute atomic E-state index is 0.0854. The summed E-state index contributed by atoms with van der Waals surface area (Å²) in [5.41, 5.74) is 4.07. The molecule has 2 aromatic carbocycles. The maximum Gasteiger partial charge on any atom is 0.332 e. The van der Waals surface area contributed by atoms with Crippen LogP contribution in [0.2, 0.25) is 0 Å². The standard InChI is InChI=1S/C28H35O9P/c1-3-34-38(35-4-2)36-16-24-25(29)26(30)27(31)28(37-24)19-8-9-21(18-6-7-18)20(15-19)13-17-5-10-22-23(14-17)33-12-11-32-22/h5,8-10,14-15,18,24-26,28-30H,3-4,6-7,11-13,16H2,1-2H3. The molecule has 1 saturated heterocycles. The summed E-state index contributed by atoms with van der Waals surface area (Å²) in [6.45, 7) is 5.45. The number of carbonyl (C=O) groups is 1. The van der Waals surface area contributed by atoms with Gasteiger partial charge in [-0.05, 0) is 73.4 Å². The summed E-state index contributed by atoms with van der Waals surface area (Å²) in [5, 5.41) is 21.1. The molecular weight excluding hydrogens is 511 g/mol. The third-order valence-corrected chi connectivity index (χ3v) is 8.16. The average Bonchev–Trinajstić information content (AvgIpc) is 3.77. The zero-order chi connectivity index (χ0) is 26.6. The van der Waals surface area contributed by atoms with Gasteiger partial charge < -0.3 is 38.0 Å². The molecule has 0 bridgehead atoms. The van der Waals surface area contributed by atoms with Crippen LogP contribution in [0.1, 0.15) is 61.0 Å². The summed E-state index contributed by atoms with van der Waals surface area (Å²) in [5.74, 6) is 1.41. The third kappa shape index (κ3) is 6.20. The van der Waals surface area contributed by atoms with Gasteiger partial charge in [-0.2, -0.15) is 0 Å². The Morgan fingerprint density at radius 2 is 1.68 bits per heavy atom. The van der Waals surface area contributed by atoms with Crippen molar-refractivity contribution in [2.24, 2.45) is 0 Å². The molecule has 2 N–H and O–H groups in total. The Hall–Kier alpha value is -2.10. The molecule has 3 aliphatic rings. The van der Waals surface area contributed by atoms with Crippen LogP contribution in [0.4, 0.5) is 0 Å². The Bertz CT molecular complexity index is 1120. The molecule has 0 spiro atoms. The van der Waals surface area contributed by atoms with E-state index in [0.29, 0.717) is 44.3 Å². The number of hydrogen-bond donors (Lipinski definition) is 2. The number of hydrogen-bond acceptors (Lipinski definition) is 9. The van der Waals surface area contributed by atoms with Crippen molar-refractivity contribution in [1.82, 2.24) is 0 Å². The first-order valence-corrected chi connectivity index (χ1v) is 14.3. The fourth-order valence-electron chi connectivity index (χ4n) is 4.84. The number of aliphatic hydroxyl groups is 2. The first-order valence-electron chi connectivity index (χ1n) is 13.2. The smallest absolute Gasteiger partial charge is 0.332 e. The van der Waals surface area contributed by atoms with Crippen molar-refractivity contribution >= 4 is 14.4 Å². The second-order valence-electron chi connectivity index (χ2n) is 9.63. The fraction of sp³-hybridized carbons (Fsp3) is 0.536. The summed E-state index contributed by atoms with van der Waals surface area (Å²) < 4.78 is 34.1. The first-order chi connectivity index (χ1) is 18.5. The van der Waals surface area contributed by atoms with Gasteiger partial charge in [0.1, 0.15) is 37.6 Å². The zero-order valence-electron chi connectivity index (χ0n) is 21.7. The lowest BCUT2D eigenvalue weighted by molar-refractivity contribution is -0.188. The topological polar surface area (TPSA) is 113 Å². The highest BCUT2D eigenvalue weighted by Crippen LogP contribution is 2.44. The Morgan fingerprint density at radius 3 is 2.39 bits per heavy atom. The molecular formula is C28H35O9P. The van der Waals surface area contributed by atoms with Crippen LogP contribution in [0.25, 0.3) is 0 Å². The molecule has 2 heterocycles. The molecule has 4 atom stereocenters. The van der Waals surface area contributed by atoms with Crippen LogP contribution in [0, 0.1) is 0 Å². The maximum atomic E-state index is 13.0. The average molecular weight is 547 g/mol. The van der Waals surface area contributed by atoms with Gasteiger partial charge in [-0.25, -0.2) is 0 Å². The van der Waals surface area contributed by atoms with E-state index in [9.17, 15) is 15.0 Å². The van der Waals surface area contributed by atoms with Crippen LogP contribution in [0.15, 0.2) is 36.4 Å². The lowest BCUT2D eigenvalue weighted by Gasteiger charge is -2.36. The number of fused-ring (bicyclic) bond motifs is 1. The summed E-state index contributed by atoms with van der Waals surface area (Å²) in [4.78, 5) is 13.0. The Kier molecular flexibility index (Phi) is 8.95. The third-order valence-electron chi connectivity index (χ3n) is 6.87. The van der Waals surface area contributed by atoms with Crippen LogP contribution in [0.3, 0.4) is 0 Å². The van der Waals surface area contributed by atoms with Gasteiger partial charge in [0.05, 0.1) is 19.8 Å². The van der Waals surface area contributed by atoms with Crippen molar-refractivity contribution in [1.29, 1.82) is 0 Å². The normalized spacial score (nSPS) is 25.1. The highest BCUT2D eigenvalue weighted by Gasteiger charge is 2.44. The largest absolute Gasteiger partial charge is 0.486 e. The van der Waals surface area contributed by atoms with Gasteiger partial charge in [0.15, 0.2) is 17.3 Å². The highest BCUT2D eigenvalue weighted by molar-refractivity contribution is 7.41. The molecule has 2 aliphatic heterocycles. The molecule has 2 fully saturated rings. The van der Waals surface area contributed by atoms with E-state index >= 15 is 0 Å². The molecule has 10 heteroatoms. The van der Waals surface area contributed by atoms with Crippen LogP contribution < -0.4 is 9.47 Å². The molecule has 4 unspecified atom stereocenters. The van der Waals surface area contributed by atoms with Crippen molar-refractivity contribution < 1.29 is 42.8 Å². The van der Waals surface area contributed by atoms with Crippen LogP contribution in [-0.2, 0) is 29.5 Å². The summed E-state index contributed by atoms with van der Waals surface area (Å²) in [7, 11) is -1.62. The molecule has 5 rings (SSSR count). The molecule has 0 amide bonds.